The summed E-state index contributed by atoms with van der Waals surface area (Å²) in [5, 5.41) is 14.0. The number of rotatable bonds is 3. The van der Waals surface area contributed by atoms with Crippen LogP contribution in [0.3, 0.4) is 0 Å². The van der Waals surface area contributed by atoms with Crippen LogP contribution in [0, 0.1) is 15.9 Å². The van der Waals surface area contributed by atoms with Gasteiger partial charge in [0.15, 0.2) is 5.17 Å². The second-order valence-corrected chi connectivity index (χ2v) is 6.36. The first-order valence-electron chi connectivity index (χ1n) is 6.91. The molecule has 2 aromatic carbocycles. The number of carbonyl (C=O) groups is 1. The van der Waals surface area contributed by atoms with Gasteiger partial charge in [0.05, 0.1) is 15.5 Å². The number of nitrogens with zero attached hydrogens (tertiary/aromatic N) is 2. The first-order chi connectivity index (χ1) is 11.9. The van der Waals surface area contributed by atoms with Crippen LogP contribution in [0.2, 0.25) is 5.02 Å². The van der Waals surface area contributed by atoms with Crippen molar-refractivity contribution in [1.29, 1.82) is 0 Å². The Morgan fingerprint density at radius 1 is 1.24 bits per heavy atom. The zero-order chi connectivity index (χ0) is 18.0. The van der Waals surface area contributed by atoms with Crippen LogP contribution in [0.1, 0.15) is 5.56 Å². The van der Waals surface area contributed by atoms with Gasteiger partial charge in [0.1, 0.15) is 5.82 Å². The number of amidine groups is 1. The predicted octanol–water partition coefficient (Wildman–Crippen LogP) is 4.28. The van der Waals surface area contributed by atoms with Crippen molar-refractivity contribution in [3.8, 4) is 0 Å². The molecule has 0 aromatic heterocycles. The van der Waals surface area contributed by atoms with Crippen LogP contribution in [-0.2, 0) is 4.79 Å². The number of nitro benzene ring substituents is 1. The summed E-state index contributed by atoms with van der Waals surface area (Å²) < 4.78 is 12.9. The van der Waals surface area contributed by atoms with Crippen molar-refractivity contribution in [3.05, 3.63) is 73.9 Å². The molecule has 1 amide bonds. The number of hydrogen-bond donors (Lipinski definition) is 1. The third kappa shape index (κ3) is 4.04. The molecule has 0 atom stereocenters. The van der Waals surface area contributed by atoms with Crippen molar-refractivity contribution in [2.24, 2.45) is 4.99 Å². The highest BCUT2D eigenvalue weighted by atomic mass is 35.5. The van der Waals surface area contributed by atoms with Gasteiger partial charge in [-0.2, -0.15) is 0 Å². The zero-order valence-corrected chi connectivity index (χ0v) is 14.0. The Balaban J connectivity index is 1.88. The van der Waals surface area contributed by atoms with Crippen molar-refractivity contribution in [3.63, 3.8) is 0 Å². The number of carbonyl (C=O) groups excluding carboxylic acids is 1. The van der Waals surface area contributed by atoms with Gasteiger partial charge in [-0.25, -0.2) is 9.38 Å². The van der Waals surface area contributed by atoms with Gasteiger partial charge in [0.25, 0.3) is 11.6 Å². The van der Waals surface area contributed by atoms with Crippen LogP contribution in [0.15, 0.2) is 52.4 Å². The Morgan fingerprint density at radius 3 is 2.64 bits per heavy atom. The molecule has 1 aliphatic heterocycles. The molecular formula is C16H9ClFN3O3S. The van der Waals surface area contributed by atoms with Crippen LogP contribution in [0.4, 0.5) is 15.8 Å². The van der Waals surface area contributed by atoms with Crippen LogP contribution in [0.25, 0.3) is 6.08 Å². The first-order valence-corrected chi connectivity index (χ1v) is 8.11. The molecule has 1 heterocycles. The van der Waals surface area contributed by atoms with Gasteiger partial charge < -0.3 is 5.32 Å². The van der Waals surface area contributed by atoms with Gasteiger partial charge in [-0.15, -0.1) is 0 Å². The molecule has 25 heavy (non-hydrogen) atoms. The molecule has 0 spiro atoms. The summed E-state index contributed by atoms with van der Waals surface area (Å²) in [7, 11) is 0. The average molecular weight is 378 g/mol. The maximum atomic E-state index is 12.9. The number of nitro groups is 1. The molecule has 0 radical (unpaired) electrons. The fraction of sp³-hybridized carbons (Fsp3) is 0. The van der Waals surface area contributed by atoms with Crippen molar-refractivity contribution in [1.82, 2.24) is 5.32 Å². The van der Waals surface area contributed by atoms with Crippen LogP contribution >= 0.6 is 23.4 Å². The molecule has 0 bridgehead atoms. The number of benzene rings is 2. The summed E-state index contributed by atoms with van der Waals surface area (Å²) in [5.74, 6) is -0.776. The Hall–Kier alpha value is -2.71. The molecule has 126 valence electrons. The summed E-state index contributed by atoms with van der Waals surface area (Å²) in [6, 6.07) is 9.46. The Labute approximate surface area is 150 Å². The van der Waals surface area contributed by atoms with E-state index in [9.17, 15) is 19.3 Å². The van der Waals surface area contributed by atoms with E-state index in [1.54, 1.807) is 0 Å². The third-order valence-corrected chi connectivity index (χ3v) is 4.44. The summed E-state index contributed by atoms with van der Waals surface area (Å²) in [5.41, 5.74) is 0.718. The van der Waals surface area contributed by atoms with E-state index in [0.717, 1.165) is 11.8 Å². The van der Waals surface area contributed by atoms with E-state index in [1.165, 1.54) is 48.5 Å². The smallest absolute Gasteiger partial charge is 0.270 e. The standard InChI is InChI=1S/C16H9ClFN3O3S/c17-13-6-5-12(21(23)24)7-9(13)8-14-15(22)20-16(25-14)19-11-3-1-10(18)2-4-11/h1-8H,(H,19,20,22)/b14-8-. The summed E-state index contributed by atoms with van der Waals surface area (Å²) in [6.45, 7) is 0. The van der Waals surface area contributed by atoms with E-state index in [-0.39, 0.29) is 16.5 Å². The number of aliphatic imine (C=N–C) groups is 1. The van der Waals surface area contributed by atoms with Crippen LogP contribution < -0.4 is 5.32 Å². The molecule has 2 aromatic rings. The highest BCUT2D eigenvalue weighted by molar-refractivity contribution is 8.18. The van der Waals surface area contributed by atoms with Gasteiger partial charge in [-0.05, 0) is 48.2 Å². The molecular weight excluding hydrogens is 369 g/mol. The topological polar surface area (TPSA) is 84.6 Å². The monoisotopic (exact) mass is 377 g/mol. The highest BCUT2D eigenvalue weighted by Gasteiger charge is 2.24. The van der Waals surface area contributed by atoms with Crippen molar-refractivity contribution >= 4 is 51.9 Å². The fourth-order valence-electron chi connectivity index (χ4n) is 2.01. The molecule has 1 fully saturated rings. The minimum atomic E-state index is -0.540. The molecule has 0 unspecified atom stereocenters. The lowest BCUT2D eigenvalue weighted by Crippen LogP contribution is -2.19. The minimum Gasteiger partial charge on any atom is -0.300 e. The van der Waals surface area contributed by atoms with Gasteiger partial charge >= 0.3 is 0 Å². The lowest BCUT2D eigenvalue weighted by Gasteiger charge is -1.99. The highest BCUT2D eigenvalue weighted by Crippen LogP contribution is 2.31. The molecule has 1 aliphatic rings. The van der Waals surface area contributed by atoms with Gasteiger partial charge in [-0.1, -0.05) is 11.6 Å². The second kappa shape index (κ2) is 7.04. The third-order valence-electron chi connectivity index (χ3n) is 3.19. The average Bonchev–Trinajstić information content (AvgIpc) is 2.91. The Bertz CT molecular complexity index is 929. The zero-order valence-electron chi connectivity index (χ0n) is 12.4. The molecule has 0 saturated carbocycles. The molecule has 1 N–H and O–H groups in total. The normalized spacial score (nSPS) is 17.1. The number of halogens is 2. The first kappa shape index (κ1) is 17.1. The molecule has 9 heteroatoms. The second-order valence-electron chi connectivity index (χ2n) is 4.92. The van der Waals surface area contributed by atoms with E-state index in [4.69, 9.17) is 11.6 Å². The number of amides is 1. The maximum Gasteiger partial charge on any atom is 0.270 e. The number of nitrogens with one attached hydrogen (secondary N) is 1. The van der Waals surface area contributed by atoms with E-state index >= 15 is 0 Å². The van der Waals surface area contributed by atoms with Gasteiger partial charge in [0.2, 0.25) is 0 Å². The quantitative estimate of drug-likeness (QED) is 0.491. The van der Waals surface area contributed by atoms with Gasteiger partial charge in [-0.3, -0.25) is 14.9 Å². The van der Waals surface area contributed by atoms with Crippen molar-refractivity contribution in [2.75, 3.05) is 0 Å². The number of thioether (sulfide) groups is 1. The van der Waals surface area contributed by atoms with Crippen molar-refractivity contribution < 1.29 is 14.1 Å². The minimum absolute atomic E-state index is 0.125. The maximum absolute atomic E-state index is 12.9. The SMILES string of the molecule is O=C1NC(=Nc2ccc(F)cc2)S/C1=C\c1cc([N+](=O)[O-])ccc1Cl. The van der Waals surface area contributed by atoms with Crippen LogP contribution in [0.5, 0.6) is 0 Å². The lowest BCUT2D eigenvalue weighted by atomic mass is 10.2. The lowest BCUT2D eigenvalue weighted by molar-refractivity contribution is -0.384. The summed E-state index contributed by atoms with van der Waals surface area (Å²) >= 11 is 7.10. The van der Waals surface area contributed by atoms with Gasteiger partial charge in [0, 0.05) is 22.7 Å². The Morgan fingerprint density at radius 2 is 1.96 bits per heavy atom. The van der Waals surface area contributed by atoms with E-state index in [0.29, 0.717) is 21.3 Å². The summed E-state index contributed by atoms with van der Waals surface area (Å²) in [6.07, 6.45) is 1.46. The van der Waals surface area contributed by atoms with Crippen molar-refractivity contribution in [2.45, 2.75) is 0 Å². The summed E-state index contributed by atoms with van der Waals surface area (Å²) in [4.78, 5) is 26.9. The van der Waals surface area contributed by atoms with E-state index < -0.39 is 10.8 Å². The fourth-order valence-corrected chi connectivity index (χ4v) is 3.01. The largest absolute Gasteiger partial charge is 0.300 e. The molecule has 0 aliphatic carbocycles. The molecule has 3 rings (SSSR count). The Kier molecular flexibility index (Phi) is 4.82. The van der Waals surface area contributed by atoms with Crippen LogP contribution in [-0.4, -0.2) is 16.0 Å². The van der Waals surface area contributed by atoms with E-state index in [1.807, 2.05) is 0 Å². The molecule has 1 saturated heterocycles. The van der Waals surface area contributed by atoms with E-state index in [2.05, 4.69) is 10.3 Å². The number of hydrogen-bond acceptors (Lipinski definition) is 5. The number of non-ortho nitro benzene ring substituents is 1. The predicted molar refractivity (Wildman–Crippen MR) is 95.3 cm³/mol. The molecule has 6 nitrogen and oxygen atoms in total.